The van der Waals surface area contributed by atoms with Crippen LogP contribution in [0.5, 0.6) is 0 Å². The van der Waals surface area contributed by atoms with Gasteiger partial charge in [-0.2, -0.15) is 0 Å². The van der Waals surface area contributed by atoms with E-state index in [1.54, 1.807) is 0 Å². The molecular weight excluding hydrogens is 164 g/mol. The van der Waals surface area contributed by atoms with E-state index >= 15 is 0 Å². The Bertz CT molecular complexity index is 6.00. The molecule has 0 fully saturated rings. The van der Waals surface area contributed by atoms with Gasteiger partial charge >= 0.3 is 0 Å². The molecule has 0 aromatic carbocycles. The van der Waals surface area contributed by atoms with Gasteiger partial charge in [0.2, 0.25) is 0 Å². The molecule has 0 heterocycles. The van der Waals surface area contributed by atoms with Gasteiger partial charge < -0.3 is 14.9 Å². The fraction of sp³-hybridized carbons (Fsp3) is 0. The van der Waals surface area contributed by atoms with Gasteiger partial charge in [0.25, 0.3) is 0 Å². The van der Waals surface area contributed by atoms with Gasteiger partial charge in [0.05, 0.1) is 0 Å². The van der Waals surface area contributed by atoms with Gasteiger partial charge in [0.1, 0.15) is 0 Å². The van der Waals surface area contributed by atoms with Crippen molar-refractivity contribution in [3.63, 3.8) is 0 Å². The van der Waals surface area contributed by atoms with Crippen LogP contribution < -0.4 is 0 Å². The van der Waals surface area contributed by atoms with E-state index in [0.29, 0.717) is 0 Å². The van der Waals surface area contributed by atoms with Gasteiger partial charge in [-0.1, -0.05) is 0 Å². The van der Waals surface area contributed by atoms with E-state index in [4.69, 9.17) is 0 Å². The van der Waals surface area contributed by atoms with Gasteiger partial charge in [0, 0.05) is 51.3 Å². The molecule has 0 aliphatic heterocycles. The largest absolute Gasteiger partial charge is 0.358 e. The molecule has 0 N–H and O–H groups in total. The molecule has 0 nitrogen and oxygen atoms in total. The Morgan fingerprint density at radius 3 is 0.750 bits per heavy atom. The average molecular weight is 170 g/mol. The quantitative estimate of drug-likeness (QED) is 0.473. The molecule has 0 spiro atoms. The third kappa shape index (κ3) is 9.35. The maximum atomic E-state index is 0. The Hall–Kier alpha value is 1.69. The standard InChI is InChI=1S/2CH3.V.Y/h2*1H3;;/q2*-1;;. The van der Waals surface area contributed by atoms with Crippen LogP contribution in [0.25, 0.3) is 0 Å². The van der Waals surface area contributed by atoms with Crippen LogP contribution in [-0.2, 0) is 51.3 Å². The molecule has 24 valence electrons. The molecule has 2 heteroatoms. The van der Waals surface area contributed by atoms with Crippen LogP contribution in [0.15, 0.2) is 0 Å². The summed E-state index contributed by atoms with van der Waals surface area (Å²) in [6, 6.07) is 0. The van der Waals surface area contributed by atoms with Gasteiger partial charge in [-0.25, -0.2) is 0 Å². The summed E-state index contributed by atoms with van der Waals surface area (Å²) in [7, 11) is 0. The Labute approximate surface area is 65.5 Å². The molecule has 0 saturated heterocycles. The van der Waals surface area contributed by atoms with Gasteiger partial charge in [-0.3, -0.25) is 0 Å². The van der Waals surface area contributed by atoms with E-state index < -0.39 is 0 Å². The van der Waals surface area contributed by atoms with Crippen molar-refractivity contribution in [2.75, 3.05) is 0 Å². The predicted octanol–water partition coefficient (Wildman–Crippen LogP) is 0.896. The minimum absolute atomic E-state index is 0. The van der Waals surface area contributed by atoms with Crippen LogP contribution in [0.2, 0.25) is 0 Å². The van der Waals surface area contributed by atoms with Crippen molar-refractivity contribution < 1.29 is 51.3 Å². The first-order valence-corrected chi connectivity index (χ1v) is 0. The Morgan fingerprint density at radius 2 is 0.750 bits per heavy atom. The smallest absolute Gasteiger partial charge is 0 e. The number of hydrogen-bond donors (Lipinski definition) is 0. The van der Waals surface area contributed by atoms with E-state index in [1.165, 1.54) is 0 Å². The molecule has 2 radical (unpaired) electrons. The average Bonchev–Trinajstić information content (AvgIpc) is 0. The van der Waals surface area contributed by atoms with Crippen molar-refractivity contribution in [3.05, 3.63) is 14.9 Å². The van der Waals surface area contributed by atoms with Crippen molar-refractivity contribution >= 4 is 0 Å². The van der Waals surface area contributed by atoms with Crippen molar-refractivity contribution in [1.82, 2.24) is 0 Å². The summed E-state index contributed by atoms with van der Waals surface area (Å²) in [6.07, 6.45) is 0. The van der Waals surface area contributed by atoms with Gasteiger partial charge in [0.15, 0.2) is 0 Å². The Kier molecular flexibility index (Phi) is 245. The topological polar surface area (TPSA) is 0 Å². The second kappa shape index (κ2) is 22.4. The van der Waals surface area contributed by atoms with Crippen LogP contribution in [0.4, 0.5) is 0 Å². The zero-order valence-corrected chi connectivity index (χ0v) is 7.26. The van der Waals surface area contributed by atoms with Crippen LogP contribution >= 0.6 is 0 Å². The minimum Gasteiger partial charge on any atom is -0.358 e. The summed E-state index contributed by atoms with van der Waals surface area (Å²) in [6.45, 7) is 0. The Morgan fingerprint density at radius 1 is 0.750 bits per heavy atom. The monoisotopic (exact) mass is 170 g/mol. The Balaban J connectivity index is 0. The molecule has 0 rings (SSSR count). The van der Waals surface area contributed by atoms with Crippen molar-refractivity contribution in [2.24, 2.45) is 0 Å². The van der Waals surface area contributed by atoms with Gasteiger partial charge in [-0.05, 0) is 0 Å². The molecule has 0 aliphatic carbocycles. The second-order valence-electron chi connectivity index (χ2n) is 0. The summed E-state index contributed by atoms with van der Waals surface area (Å²) < 4.78 is 0. The predicted molar refractivity (Wildman–Crippen MR) is 12.8 cm³/mol. The third-order valence-corrected chi connectivity index (χ3v) is 0. The summed E-state index contributed by atoms with van der Waals surface area (Å²) in [5, 5.41) is 0. The fourth-order valence-corrected chi connectivity index (χ4v) is 0. The van der Waals surface area contributed by atoms with E-state index in [1.807, 2.05) is 0 Å². The van der Waals surface area contributed by atoms with Crippen LogP contribution in [0.1, 0.15) is 0 Å². The van der Waals surface area contributed by atoms with E-state index in [0.717, 1.165) is 0 Å². The normalized spacial score (nSPS) is 0. The molecule has 0 atom stereocenters. The molecule has 0 unspecified atom stereocenters. The molecular formula is C2H6VY-2. The SMILES string of the molecule is [CH3-].[CH3-].[V].[Y]. The van der Waals surface area contributed by atoms with Crippen molar-refractivity contribution in [1.29, 1.82) is 0 Å². The summed E-state index contributed by atoms with van der Waals surface area (Å²) in [5.74, 6) is 0. The first-order valence-electron chi connectivity index (χ1n) is 0. The molecule has 0 saturated carbocycles. The fourth-order valence-electron chi connectivity index (χ4n) is 0. The zero-order valence-electron chi connectivity index (χ0n) is 3.02. The van der Waals surface area contributed by atoms with Crippen molar-refractivity contribution in [3.8, 4) is 0 Å². The van der Waals surface area contributed by atoms with Gasteiger partial charge in [-0.15, -0.1) is 0 Å². The first-order chi connectivity index (χ1) is 0. The van der Waals surface area contributed by atoms with E-state index in [2.05, 4.69) is 0 Å². The van der Waals surface area contributed by atoms with Crippen molar-refractivity contribution in [2.45, 2.75) is 0 Å². The van der Waals surface area contributed by atoms with Crippen LogP contribution in [0.3, 0.4) is 0 Å². The summed E-state index contributed by atoms with van der Waals surface area (Å²) >= 11 is 0. The zero-order chi connectivity index (χ0) is 0. The maximum Gasteiger partial charge on any atom is 0 e. The van der Waals surface area contributed by atoms with E-state index in [-0.39, 0.29) is 66.1 Å². The number of hydrogen-bond acceptors (Lipinski definition) is 0. The number of rotatable bonds is 0. The summed E-state index contributed by atoms with van der Waals surface area (Å²) in [5.41, 5.74) is 0. The molecule has 0 bridgehead atoms. The molecule has 0 aliphatic rings. The third-order valence-electron chi connectivity index (χ3n) is 0. The molecule has 0 amide bonds. The van der Waals surface area contributed by atoms with Crippen LogP contribution in [-0.4, -0.2) is 0 Å². The second-order valence-corrected chi connectivity index (χ2v) is 0. The molecule has 0 aromatic heterocycles. The van der Waals surface area contributed by atoms with Crippen LogP contribution in [0, 0.1) is 14.9 Å². The maximum absolute atomic E-state index is 0. The van der Waals surface area contributed by atoms with E-state index in [9.17, 15) is 0 Å². The molecule has 4 heavy (non-hydrogen) atoms. The minimum atomic E-state index is 0. The summed E-state index contributed by atoms with van der Waals surface area (Å²) in [4.78, 5) is 0. The first kappa shape index (κ1) is 43.9. The molecule has 0 aromatic rings.